The Bertz CT molecular complexity index is 1210. The van der Waals surface area contributed by atoms with Crippen LogP contribution < -0.4 is 0 Å². The third-order valence-electron chi connectivity index (χ3n) is 5.57. The summed E-state index contributed by atoms with van der Waals surface area (Å²) in [5.41, 5.74) is 0.808. The third kappa shape index (κ3) is 4.06. The molecule has 1 aromatic carbocycles. The van der Waals surface area contributed by atoms with Crippen LogP contribution in [-0.4, -0.2) is 57.8 Å². The fraction of sp³-hybridized carbons (Fsp3) is 0.364. The molecule has 0 aliphatic carbocycles. The second-order valence-corrected chi connectivity index (χ2v) is 8.75. The number of benzene rings is 1. The zero-order valence-corrected chi connectivity index (χ0v) is 18.6. The summed E-state index contributed by atoms with van der Waals surface area (Å²) in [5.74, 6) is 0.0494. The molecular formula is C22H21F3N4O2S. The van der Waals surface area contributed by atoms with Crippen LogP contribution in [0.5, 0.6) is 0 Å². The molecule has 0 bridgehead atoms. The summed E-state index contributed by atoms with van der Waals surface area (Å²) >= 11 is 1.33. The molecular weight excluding hydrogens is 441 g/mol. The van der Waals surface area contributed by atoms with Crippen molar-refractivity contribution in [3.05, 3.63) is 57.4 Å². The van der Waals surface area contributed by atoms with Gasteiger partial charge >= 0.3 is 6.18 Å². The highest BCUT2D eigenvalue weighted by Crippen LogP contribution is 2.33. The maximum atomic E-state index is 13.1. The number of nitrogens with zero attached hydrogens (tertiary/aromatic N) is 4. The van der Waals surface area contributed by atoms with Crippen LogP contribution in [0, 0.1) is 20.8 Å². The smallest absolute Gasteiger partial charge is 0.335 e. The molecule has 1 saturated heterocycles. The Morgan fingerprint density at radius 3 is 2.22 bits per heavy atom. The van der Waals surface area contributed by atoms with Crippen molar-refractivity contribution in [3.63, 3.8) is 0 Å². The van der Waals surface area contributed by atoms with Crippen molar-refractivity contribution >= 4 is 33.4 Å². The van der Waals surface area contributed by atoms with Crippen LogP contribution in [0.15, 0.2) is 24.3 Å². The summed E-state index contributed by atoms with van der Waals surface area (Å²) in [6, 6.07) is 4.41. The lowest BCUT2D eigenvalue weighted by Crippen LogP contribution is -2.50. The van der Waals surface area contributed by atoms with Crippen LogP contribution in [0.1, 0.15) is 42.7 Å². The minimum absolute atomic E-state index is 0.00984. The number of hydrogen-bond acceptors (Lipinski definition) is 5. The van der Waals surface area contributed by atoms with E-state index in [0.29, 0.717) is 23.8 Å². The summed E-state index contributed by atoms with van der Waals surface area (Å²) in [7, 11) is 0. The fourth-order valence-electron chi connectivity index (χ4n) is 3.94. The molecule has 3 heterocycles. The van der Waals surface area contributed by atoms with Gasteiger partial charge in [0.25, 0.3) is 11.8 Å². The van der Waals surface area contributed by atoms with Gasteiger partial charge in [0.1, 0.15) is 10.7 Å². The monoisotopic (exact) mass is 462 g/mol. The molecule has 2 aromatic heterocycles. The van der Waals surface area contributed by atoms with Gasteiger partial charge in [-0.25, -0.2) is 9.97 Å². The number of aryl methyl sites for hydroxylation is 3. The van der Waals surface area contributed by atoms with Crippen LogP contribution in [0.4, 0.5) is 13.2 Å². The summed E-state index contributed by atoms with van der Waals surface area (Å²) in [4.78, 5) is 39.2. The molecule has 0 spiro atoms. The Kier molecular flexibility index (Phi) is 5.66. The number of halogens is 3. The highest BCUT2D eigenvalue weighted by Gasteiger charge is 2.32. The summed E-state index contributed by atoms with van der Waals surface area (Å²) < 4.78 is 38.9. The predicted molar refractivity (Wildman–Crippen MR) is 115 cm³/mol. The van der Waals surface area contributed by atoms with Crippen molar-refractivity contribution in [2.75, 3.05) is 26.2 Å². The standard InChI is InChI=1S/C22H21F3N4O2S/c1-12-17-13(2)26-14(3)27-19(17)32-18(12)21(31)29-9-7-28(8-10-29)20(30)15-5-4-6-16(11-15)22(23,24)25/h4-6,11H,7-10H2,1-3H3. The lowest BCUT2D eigenvalue weighted by molar-refractivity contribution is -0.137. The Morgan fingerprint density at radius 2 is 1.59 bits per heavy atom. The molecule has 3 aromatic rings. The summed E-state index contributed by atoms with van der Waals surface area (Å²) in [6.45, 7) is 6.70. The summed E-state index contributed by atoms with van der Waals surface area (Å²) in [6.07, 6.45) is -4.51. The lowest BCUT2D eigenvalue weighted by Gasteiger charge is -2.34. The zero-order chi connectivity index (χ0) is 23.2. The van der Waals surface area contributed by atoms with E-state index in [1.54, 1.807) is 4.90 Å². The van der Waals surface area contributed by atoms with E-state index in [4.69, 9.17) is 0 Å². The largest absolute Gasteiger partial charge is 0.416 e. The van der Waals surface area contributed by atoms with E-state index in [0.717, 1.165) is 33.6 Å². The topological polar surface area (TPSA) is 66.4 Å². The van der Waals surface area contributed by atoms with Crippen molar-refractivity contribution in [1.82, 2.24) is 19.8 Å². The molecule has 2 amide bonds. The molecule has 6 nitrogen and oxygen atoms in total. The molecule has 168 valence electrons. The van der Waals surface area contributed by atoms with E-state index in [9.17, 15) is 22.8 Å². The first-order valence-corrected chi connectivity index (χ1v) is 10.9. The van der Waals surface area contributed by atoms with E-state index in [2.05, 4.69) is 9.97 Å². The van der Waals surface area contributed by atoms with Crippen molar-refractivity contribution in [2.24, 2.45) is 0 Å². The van der Waals surface area contributed by atoms with Gasteiger partial charge in [0.15, 0.2) is 0 Å². The number of piperazine rings is 1. The molecule has 4 rings (SSSR count). The SMILES string of the molecule is Cc1nc(C)c2c(C)c(C(=O)N3CCN(C(=O)c4cccc(C(F)(F)F)c4)CC3)sc2n1. The van der Waals surface area contributed by atoms with E-state index < -0.39 is 17.6 Å². The van der Waals surface area contributed by atoms with Crippen molar-refractivity contribution in [2.45, 2.75) is 26.9 Å². The van der Waals surface area contributed by atoms with E-state index in [1.165, 1.54) is 28.4 Å². The predicted octanol–water partition coefficient (Wildman–Crippen LogP) is 4.23. The Hall–Kier alpha value is -3.01. The molecule has 1 aliphatic rings. The van der Waals surface area contributed by atoms with E-state index in [-0.39, 0.29) is 24.6 Å². The molecule has 32 heavy (non-hydrogen) atoms. The van der Waals surface area contributed by atoms with Crippen molar-refractivity contribution in [3.8, 4) is 0 Å². The third-order valence-corrected chi connectivity index (χ3v) is 6.74. The first kappa shape index (κ1) is 22.2. The van der Waals surface area contributed by atoms with Crippen molar-refractivity contribution in [1.29, 1.82) is 0 Å². The quantitative estimate of drug-likeness (QED) is 0.572. The molecule has 0 unspecified atom stereocenters. The van der Waals surface area contributed by atoms with E-state index in [1.807, 2.05) is 20.8 Å². The molecule has 1 aliphatic heterocycles. The fourth-order valence-corrected chi connectivity index (χ4v) is 5.19. The number of amides is 2. The van der Waals surface area contributed by atoms with Crippen LogP contribution >= 0.6 is 11.3 Å². The molecule has 1 fully saturated rings. The Balaban J connectivity index is 1.48. The summed E-state index contributed by atoms with van der Waals surface area (Å²) in [5, 5.41) is 0.891. The van der Waals surface area contributed by atoms with Gasteiger partial charge in [0, 0.05) is 42.8 Å². The molecule has 0 radical (unpaired) electrons. The maximum absolute atomic E-state index is 13.1. The Labute approximate surface area is 186 Å². The van der Waals surface area contributed by atoms with Gasteiger partial charge < -0.3 is 9.80 Å². The number of thiophene rings is 1. The minimum Gasteiger partial charge on any atom is -0.335 e. The van der Waals surface area contributed by atoms with Gasteiger partial charge in [-0.1, -0.05) is 6.07 Å². The number of hydrogen-bond donors (Lipinski definition) is 0. The van der Waals surface area contributed by atoms with Gasteiger partial charge in [-0.05, 0) is 44.5 Å². The number of aromatic nitrogens is 2. The second-order valence-electron chi connectivity index (χ2n) is 7.76. The van der Waals surface area contributed by atoms with Crippen LogP contribution in [0.25, 0.3) is 10.2 Å². The van der Waals surface area contributed by atoms with Gasteiger partial charge in [-0.2, -0.15) is 13.2 Å². The number of rotatable bonds is 2. The van der Waals surface area contributed by atoms with Crippen molar-refractivity contribution < 1.29 is 22.8 Å². The highest BCUT2D eigenvalue weighted by atomic mass is 32.1. The van der Waals surface area contributed by atoms with E-state index >= 15 is 0 Å². The molecule has 0 atom stereocenters. The maximum Gasteiger partial charge on any atom is 0.416 e. The van der Waals surface area contributed by atoms with Crippen LogP contribution in [0.2, 0.25) is 0 Å². The van der Waals surface area contributed by atoms with Gasteiger partial charge in [-0.15, -0.1) is 11.3 Å². The van der Waals surface area contributed by atoms with Gasteiger partial charge in [0.05, 0.1) is 10.4 Å². The lowest BCUT2D eigenvalue weighted by atomic mass is 10.1. The molecule has 0 saturated carbocycles. The highest BCUT2D eigenvalue weighted by molar-refractivity contribution is 7.20. The van der Waals surface area contributed by atoms with Gasteiger partial charge in [0.2, 0.25) is 0 Å². The van der Waals surface area contributed by atoms with Crippen LogP contribution in [-0.2, 0) is 6.18 Å². The normalized spacial score (nSPS) is 14.8. The number of carbonyl (C=O) groups is 2. The zero-order valence-electron chi connectivity index (χ0n) is 17.8. The Morgan fingerprint density at radius 1 is 0.969 bits per heavy atom. The average molecular weight is 462 g/mol. The first-order chi connectivity index (χ1) is 15.1. The molecule has 0 N–H and O–H groups in total. The first-order valence-electron chi connectivity index (χ1n) is 10.1. The molecule has 10 heteroatoms. The van der Waals surface area contributed by atoms with Gasteiger partial charge in [-0.3, -0.25) is 9.59 Å². The minimum atomic E-state index is -4.51. The number of alkyl halides is 3. The second kappa shape index (κ2) is 8.16. The number of carbonyl (C=O) groups excluding carboxylic acids is 2. The van der Waals surface area contributed by atoms with Crippen LogP contribution in [0.3, 0.4) is 0 Å². The average Bonchev–Trinajstić information content (AvgIpc) is 3.08. The number of fused-ring (bicyclic) bond motifs is 1.